The van der Waals surface area contributed by atoms with Crippen molar-refractivity contribution in [2.45, 2.75) is 39.2 Å². The highest BCUT2D eigenvalue weighted by Crippen LogP contribution is 2.36. The molecule has 2 saturated heterocycles. The van der Waals surface area contributed by atoms with E-state index in [1.54, 1.807) is 6.20 Å². The number of hydrogen-bond donors (Lipinski definition) is 0. The summed E-state index contributed by atoms with van der Waals surface area (Å²) in [5.41, 5.74) is 0.695. The van der Waals surface area contributed by atoms with Crippen molar-refractivity contribution in [1.82, 2.24) is 19.7 Å². The van der Waals surface area contributed by atoms with Crippen molar-refractivity contribution in [2.24, 2.45) is 5.41 Å². The minimum absolute atomic E-state index is 0.0715. The van der Waals surface area contributed by atoms with Crippen molar-refractivity contribution in [1.29, 1.82) is 0 Å². The molecule has 0 radical (unpaired) electrons. The number of ether oxygens (including phenoxy) is 2. The van der Waals surface area contributed by atoms with Gasteiger partial charge in [-0.15, -0.1) is 0 Å². The van der Waals surface area contributed by atoms with Gasteiger partial charge in [0, 0.05) is 76.8 Å². The van der Waals surface area contributed by atoms with E-state index >= 15 is 0 Å². The number of esters is 1. The van der Waals surface area contributed by atoms with Crippen LogP contribution in [0.3, 0.4) is 0 Å². The number of nitrogens with zero attached hydrogens (tertiary/aromatic N) is 4. The fourth-order valence-electron chi connectivity index (χ4n) is 4.43. The second-order valence-corrected chi connectivity index (χ2v) is 9.18. The van der Waals surface area contributed by atoms with Crippen LogP contribution in [-0.2, 0) is 30.4 Å². The number of hydrogen-bond acceptors (Lipinski definition) is 7. The van der Waals surface area contributed by atoms with Crippen LogP contribution in [0.15, 0.2) is 24.5 Å². The lowest BCUT2D eigenvalue weighted by Gasteiger charge is -2.42. The van der Waals surface area contributed by atoms with Crippen molar-refractivity contribution in [2.75, 3.05) is 59.6 Å². The van der Waals surface area contributed by atoms with Crippen LogP contribution in [0.25, 0.3) is 0 Å². The van der Waals surface area contributed by atoms with Crippen LogP contribution < -0.4 is 0 Å². The molecule has 2 fully saturated rings. The molecule has 0 aliphatic carbocycles. The van der Waals surface area contributed by atoms with Crippen molar-refractivity contribution in [3.8, 4) is 0 Å². The van der Waals surface area contributed by atoms with Gasteiger partial charge in [0.25, 0.3) is 0 Å². The topological polar surface area (TPSA) is 92.3 Å². The molecular weight excluding hydrogens is 424 g/mol. The summed E-state index contributed by atoms with van der Waals surface area (Å²) in [5, 5.41) is 0. The van der Waals surface area contributed by atoms with Gasteiger partial charge in [0.2, 0.25) is 11.8 Å². The predicted octanol–water partition coefficient (Wildman–Crippen LogP) is 1.32. The molecule has 1 aromatic rings. The number of rotatable bonds is 9. The van der Waals surface area contributed by atoms with Crippen molar-refractivity contribution >= 4 is 17.8 Å². The zero-order chi connectivity index (χ0) is 23.7. The summed E-state index contributed by atoms with van der Waals surface area (Å²) in [7, 11) is 2.00. The largest absolute Gasteiger partial charge is 0.465 e. The average molecular weight is 461 g/mol. The number of pyridine rings is 1. The van der Waals surface area contributed by atoms with Gasteiger partial charge in [-0.25, -0.2) is 0 Å². The summed E-state index contributed by atoms with van der Waals surface area (Å²) in [6.07, 6.45) is 5.65. The lowest BCUT2D eigenvalue weighted by molar-refractivity contribution is -0.152. The van der Waals surface area contributed by atoms with Gasteiger partial charge in [0.1, 0.15) is 0 Å². The molecule has 3 rings (SSSR count). The molecule has 0 spiro atoms. The van der Waals surface area contributed by atoms with Gasteiger partial charge < -0.3 is 24.2 Å². The van der Waals surface area contributed by atoms with Gasteiger partial charge in [-0.05, 0) is 31.5 Å². The molecule has 2 aliphatic heterocycles. The first-order valence-electron chi connectivity index (χ1n) is 11.7. The summed E-state index contributed by atoms with van der Waals surface area (Å²) in [6, 6.07) is 3.94. The second-order valence-electron chi connectivity index (χ2n) is 9.18. The smallest absolute Gasteiger partial charge is 0.302 e. The lowest BCUT2D eigenvalue weighted by atomic mass is 9.75. The van der Waals surface area contributed by atoms with E-state index in [9.17, 15) is 14.4 Å². The molecule has 0 bridgehead atoms. The second kappa shape index (κ2) is 12.1. The first-order chi connectivity index (χ1) is 15.9. The van der Waals surface area contributed by atoms with E-state index in [0.717, 1.165) is 12.1 Å². The third-order valence-corrected chi connectivity index (χ3v) is 6.53. The maximum Gasteiger partial charge on any atom is 0.302 e. The average Bonchev–Trinajstić information content (AvgIpc) is 2.83. The van der Waals surface area contributed by atoms with Crippen LogP contribution >= 0.6 is 0 Å². The summed E-state index contributed by atoms with van der Waals surface area (Å²) in [6.45, 7) is 6.46. The number of carbonyl (C=O) groups excluding carboxylic acids is 3. The number of carbonyl (C=O) groups is 3. The Labute approximate surface area is 196 Å². The minimum atomic E-state index is -0.422. The fraction of sp³-hybridized carbons (Fsp3) is 0.667. The first-order valence-corrected chi connectivity index (χ1v) is 11.7. The van der Waals surface area contributed by atoms with Crippen LogP contribution in [-0.4, -0.2) is 97.1 Å². The molecule has 1 aromatic heterocycles. The van der Waals surface area contributed by atoms with Gasteiger partial charge in [-0.3, -0.25) is 19.4 Å². The van der Waals surface area contributed by atoms with Crippen LogP contribution in [0.4, 0.5) is 0 Å². The normalized spacial score (nSPS) is 18.3. The van der Waals surface area contributed by atoms with Crippen LogP contribution in [0.1, 0.15) is 38.2 Å². The van der Waals surface area contributed by atoms with Crippen molar-refractivity contribution in [3.05, 3.63) is 30.1 Å². The highest BCUT2D eigenvalue weighted by atomic mass is 16.5. The van der Waals surface area contributed by atoms with Gasteiger partial charge in [0.05, 0.1) is 19.8 Å². The van der Waals surface area contributed by atoms with Gasteiger partial charge in [-0.1, -0.05) is 6.07 Å². The molecule has 0 atom stereocenters. The molecule has 0 aromatic carbocycles. The Kier molecular flexibility index (Phi) is 9.20. The molecule has 182 valence electrons. The van der Waals surface area contributed by atoms with Crippen LogP contribution in [0, 0.1) is 5.41 Å². The number of morpholine rings is 1. The zero-order valence-electron chi connectivity index (χ0n) is 19.8. The van der Waals surface area contributed by atoms with Gasteiger partial charge in [0.15, 0.2) is 0 Å². The van der Waals surface area contributed by atoms with E-state index < -0.39 is 5.41 Å². The highest BCUT2D eigenvalue weighted by molar-refractivity contribution is 5.78. The Bertz CT molecular complexity index is 789. The fourth-order valence-corrected chi connectivity index (χ4v) is 4.43. The standard InChI is InChI=1S/C24H36N4O5/c1-20(29)33-19-24(16-23(31)28-12-14-32-15-13-28)6-10-27(11-7-24)22(30)5-9-26(2)18-21-4-3-8-25-17-21/h3-4,8,17H,5-7,9-16,18-19H2,1-2H3. The van der Waals surface area contributed by atoms with Gasteiger partial charge >= 0.3 is 5.97 Å². The summed E-state index contributed by atoms with van der Waals surface area (Å²) in [5.74, 6) is -0.153. The third-order valence-electron chi connectivity index (χ3n) is 6.53. The molecule has 3 heterocycles. The Balaban J connectivity index is 1.50. The summed E-state index contributed by atoms with van der Waals surface area (Å²) < 4.78 is 10.7. The SMILES string of the molecule is CC(=O)OCC1(CC(=O)N2CCOCC2)CCN(C(=O)CCN(C)Cc2cccnc2)CC1. The maximum absolute atomic E-state index is 12.9. The first kappa shape index (κ1) is 25.1. The van der Waals surface area contributed by atoms with E-state index in [-0.39, 0.29) is 24.4 Å². The number of amides is 2. The zero-order valence-corrected chi connectivity index (χ0v) is 19.8. The maximum atomic E-state index is 12.9. The Hall–Kier alpha value is -2.52. The van der Waals surface area contributed by atoms with Crippen molar-refractivity contribution in [3.63, 3.8) is 0 Å². The molecular formula is C24H36N4O5. The van der Waals surface area contributed by atoms with E-state index in [1.807, 2.05) is 35.2 Å². The van der Waals surface area contributed by atoms with Gasteiger partial charge in [-0.2, -0.15) is 0 Å². The lowest BCUT2D eigenvalue weighted by Crippen LogP contribution is -2.49. The Morgan fingerprint density at radius 2 is 1.82 bits per heavy atom. The molecule has 2 amide bonds. The minimum Gasteiger partial charge on any atom is -0.465 e. The number of aromatic nitrogens is 1. The molecule has 9 nitrogen and oxygen atoms in total. The molecule has 33 heavy (non-hydrogen) atoms. The highest BCUT2D eigenvalue weighted by Gasteiger charge is 2.40. The van der Waals surface area contributed by atoms with Crippen molar-refractivity contribution < 1.29 is 23.9 Å². The van der Waals surface area contributed by atoms with E-state index in [1.165, 1.54) is 6.92 Å². The molecule has 9 heteroatoms. The Morgan fingerprint density at radius 3 is 2.45 bits per heavy atom. The van der Waals surface area contributed by atoms with E-state index in [0.29, 0.717) is 71.6 Å². The molecule has 0 N–H and O–H groups in total. The van der Waals surface area contributed by atoms with Crippen LogP contribution in [0.5, 0.6) is 0 Å². The summed E-state index contributed by atoms with van der Waals surface area (Å²) >= 11 is 0. The van der Waals surface area contributed by atoms with Crippen LogP contribution in [0.2, 0.25) is 0 Å². The molecule has 0 unspecified atom stereocenters. The third kappa shape index (κ3) is 7.78. The predicted molar refractivity (Wildman–Crippen MR) is 122 cm³/mol. The quantitative estimate of drug-likeness (QED) is 0.513. The molecule has 0 saturated carbocycles. The number of likely N-dealkylation sites (tertiary alicyclic amines) is 1. The monoisotopic (exact) mass is 460 g/mol. The number of piperidine rings is 1. The van der Waals surface area contributed by atoms with E-state index in [4.69, 9.17) is 9.47 Å². The van der Waals surface area contributed by atoms with E-state index in [2.05, 4.69) is 9.88 Å². The summed E-state index contributed by atoms with van der Waals surface area (Å²) in [4.78, 5) is 47.1. The Morgan fingerprint density at radius 1 is 1.12 bits per heavy atom. The molecule has 2 aliphatic rings.